The van der Waals surface area contributed by atoms with Crippen LogP contribution in [0.25, 0.3) is 11.4 Å². The lowest BCUT2D eigenvalue weighted by atomic mass is 10.2. The van der Waals surface area contributed by atoms with Gasteiger partial charge in [-0.05, 0) is 61.0 Å². The van der Waals surface area contributed by atoms with Gasteiger partial charge in [0, 0.05) is 5.56 Å². The number of aromatic nitrogens is 2. The van der Waals surface area contributed by atoms with Gasteiger partial charge in [0.1, 0.15) is 23.9 Å². The van der Waals surface area contributed by atoms with Crippen LogP contribution in [0.4, 0.5) is 0 Å². The van der Waals surface area contributed by atoms with Gasteiger partial charge in [0.2, 0.25) is 11.7 Å². The number of ether oxygens (including phenoxy) is 2. The SMILES string of the molecule is CC(N)c1nc(-c2ccc(Oc3ccc(OCc4ccccc4)cc3)cc2)no1. The summed E-state index contributed by atoms with van der Waals surface area (Å²) >= 11 is 0. The molecule has 4 rings (SSSR count). The highest BCUT2D eigenvalue weighted by Gasteiger charge is 2.11. The lowest BCUT2D eigenvalue weighted by Crippen LogP contribution is -2.04. The molecule has 146 valence electrons. The molecule has 0 bridgehead atoms. The summed E-state index contributed by atoms with van der Waals surface area (Å²) < 4.78 is 16.8. The van der Waals surface area contributed by atoms with Gasteiger partial charge in [-0.2, -0.15) is 4.98 Å². The van der Waals surface area contributed by atoms with E-state index in [4.69, 9.17) is 19.7 Å². The maximum Gasteiger partial charge on any atom is 0.243 e. The molecule has 29 heavy (non-hydrogen) atoms. The van der Waals surface area contributed by atoms with Crippen LogP contribution < -0.4 is 15.2 Å². The third kappa shape index (κ3) is 4.80. The molecule has 0 spiro atoms. The number of rotatable bonds is 7. The summed E-state index contributed by atoms with van der Waals surface area (Å²) in [5.74, 6) is 3.14. The van der Waals surface area contributed by atoms with Crippen molar-refractivity contribution in [3.63, 3.8) is 0 Å². The summed E-state index contributed by atoms with van der Waals surface area (Å²) in [6.07, 6.45) is 0. The maximum absolute atomic E-state index is 5.89. The monoisotopic (exact) mass is 387 g/mol. The van der Waals surface area contributed by atoms with Crippen LogP contribution >= 0.6 is 0 Å². The lowest BCUT2D eigenvalue weighted by molar-refractivity contribution is 0.306. The van der Waals surface area contributed by atoms with E-state index < -0.39 is 0 Å². The van der Waals surface area contributed by atoms with Crippen molar-refractivity contribution in [3.05, 3.63) is 90.3 Å². The first kappa shape index (κ1) is 18.7. The van der Waals surface area contributed by atoms with Crippen molar-refractivity contribution < 1.29 is 14.0 Å². The molecule has 1 aromatic heterocycles. The van der Waals surface area contributed by atoms with Crippen LogP contribution in [-0.2, 0) is 6.61 Å². The van der Waals surface area contributed by atoms with E-state index in [9.17, 15) is 0 Å². The molecule has 0 amide bonds. The number of hydrogen-bond donors (Lipinski definition) is 1. The van der Waals surface area contributed by atoms with Crippen LogP contribution in [0.2, 0.25) is 0 Å². The minimum absolute atomic E-state index is 0.293. The van der Waals surface area contributed by atoms with Crippen LogP contribution in [0, 0.1) is 0 Å². The Morgan fingerprint density at radius 2 is 1.48 bits per heavy atom. The number of nitrogens with zero attached hydrogens (tertiary/aromatic N) is 2. The molecule has 1 unspecified atom stereocenters. The molecule has 0 aliphatic rings. The van der Waals surface area contributed by atoms with Gasteiger partial charge in [0.05, 0.1) is 6.04 Å². The third-order valence-corrected chi connectivity index (χ3v) is 4.25. The van der Waals surface area contributed by atoms with Gasteiger partial charge in [0.15, 0.2) is 0 Å². The van der Waals surface area contributed by atoms with Gasteiger partial charge < -0.3 is 19.7 Å². The van der Waals surface area contributed by atoms with Crippen LogP contribution in [-0.4, -0.2) is 10.1 Å². The molecule has 0 radical (unpaired) electrons. The van der Waals surface area contributed by atoms with E-state index in [0.29, 0.717) is 24.1 Å². The Morgan fingerprint density at radius 1 is 0.862 bits per heavy atom. The van der Waals surface area contributed by atoms with Gasteiger partial charge >= 0.3 is 0 Å². The molecule has 2 N–H and O–H groups in total. The van der Waals surface area contributed by atoms with E-state index in [1.165, 1.54) is 0 Å². The fourth-order valence-electron chi connectivity index (χ4n) is 2.69. The first-order valence-electron chi connectivity index (χ1n) is 9.31. The highest BCUT2D eigenvalue weighted by Crippen LogP contribution is 2.26. The Kier molecular flexibility index (Phi) is 5.54. The molecule has 3 aromatic carbocycles. The maximum atomic E-state index is 5.89. The zero-order valence-corrected chi connectivity index (χ0v) is 16.0. The summed E-state index contributed by atoms with van der Waals surface area (Å²) in [5, 5.41) is 3.95. The number of benzene rings is 3. The fraction of sp³-hybridized carbons (Fsp3) is 0.130. The summed E-state index contributed by atoms with van der Waals surface area (Å²) in [4.78, 5) is 4.29. The quantitative estimate of drug-likeness (QED) is 0.473. The second kappa shape index (κ2) is 8.58. The summed E-state index contributed by atoms with van der Waals surface area (Å²) in [6.45, 7) is 2.33. The van der Waals surface area contributed by atoms with Gasteiger partial charge in [-0.25, -0.2) is 0 Å². The second-order valence-corrected chi connectivity index (χ2v) is 6.62. The Hall–Kier alpha value is -3.64. The normalized spacial score (nSPS) is 11.8. The molecule has 0 saturated heterocycles. The van der Waals surface area contributed by atoms with Crippen LogP contribution in [0.3, 0.4) is 0 Å². The molecule has 0 aliphatic heterocycles. The lowest BCUT2D eigenvalue weighted by Gasteiger charge is -2.09. The van der Waals surface area contributed by atoms with Crippen LogP contribution in [0.1, 0.15) is 24.4 Å². The molecule has 1 heterocycles. The molecular formula is C23H21N3O3. The molecular weight excluding hydrogens is 366 g/mol. The van der Waals surface area contributed by atoms with Crippen molar-refractivity contribution in [2.75, 3.05) is 0 Å². The second-order valence-electron chi connectivity index (χ2n) is 6.62. The molecule has 0 fully saturated rings. The van der Waals surface area contributed by atoms with E-state index in [1.807, 2.05) is 78.9 Å². The summed E-state index contributed by atoms with van der Waals surface area (Å²) in [6, 6.07) is 24.8. The molecule has 6 heteroatoms. The van der Waals surface area contributed by atoms with Crippen molar-refractivity contribution >= 4 is 0 Å². The van der Waals surface area contributed by atoms with Crippen molar-refractivity contribution in [2.24, 2.45) is 5.73 Å². The molecule has 0 aliphatic carbocycles. The third-order valence-electron chi connectivity index (χ3n) is 4.25. The van der Waals surface area contributed by atoms with Crippen molar-refractivity contribution in [2.45, 2.75) is 19.6 Å². The van der Waals surface area contributed by atoms with Gasteiger partial charge in [0.25, 0.3) is 0 Å². The van der Waals surface area contributed by atoms with Crippen LogP contribution in [0.15, 0.2) is 83.4 Å². The van der Waals surface area contributed by atoms with E-state index in [-0.39, 0.29) is 6.04 Å². The Balaban J connectivity index is 1.36. The topological polar surface area (TPSA) is 83.4 Å². The predicted molar refractivity (Wildman–Crippen MR) is 110 cm³/mol. The highest BCUT2D eigenvalue weighted by atomic mass is 16.5. The molecule has 6 nitrogen and oxygen atoms in total. The predicted octanol–water partition coefficient (Wildman–Crippen LogP) is 5.13. The average molecular weight is 387 g/mol. The largest absolute Gasteiger partial charge is 0.489 e. The van der Waals surface area contributed by atoms with Gasteiger partial charge in [-0.3, -0.25) is 0 Å². The average Bonchev–Trinajstić information content (AvgIpc) is 3.25. The molecule has 0 saturated carbocycles. The summed E-state index contributed by atoms with van der Waals surface area (Å²) in [7, 11) is 0. The van der Waals surface area contributed by atoms with E-state index >= 15 is 0 Å². The minimum Gasteiger partial charge on any atom is -0.489 e. The number of hydrogen-bond acceptors (Lipinski definition) is 6. The summed E-state index contributed by atoms with van der Waals surface area (Å²) in [5.41, 5.74) is 7.71. The van der Waals surface area contributed by atoms with E-state index in [2.05, 4.69) is 10.1 Å². The first-order chi connectivity index (χ1) is 14.2. The van der Waals surface area contributed by atoms with E-state index in [1.54, 1.807) is 6.92 Å². The molecule has 1 atom stereocenters. The Morgan fingerprint density at radius 3 is 2.10 bits per heavy atom. The minimum atomic E-state index is -0.293. The smallest absolute Gasteiger partial charge is 0.243 e. The Bertz CT molecular complexity index is 1040. The fourth-order valence-corrected chi connectivity index (χ4v) is 2.69. The molecule has 4 aromatic rings. The van der Waals surface area contributed by atoms with Crippen molar-refractivity contribution in [1.29, 1.82) is 0 Å². The standard InChI is InChI=1S/C23H21N3O3/c1-16(24)23-25-22(26-29-23)18-7-9-20(10-8-18)28-21-13-11-19(12-14-21)27-15-17-5-3-2-4-6-17/h2-14,16H,15,24H2,1H3. The highest BCUT2D eigenvalue weighted by molar-refractivity contribution is 5.55. The van der Waals surface area contributed by atoms with E-state index in [0.717, 1.165) is 22.6 Å². The zero-order chi connectivity index (χ0) is 20.1. The van der Waals surface area contributed by atoms with Crippen LogP contribution in [0.5, 0.6) is 17.2 Å². The zero-order valence-electron chi connectivity index (χ0n) is 16.0. The van der Waals surface area contributed by atoms with Gasteiger partial charge in [-0.15, -0.1) is 0 Å². The Labute approximate surface area is 168 Å². The van der Waals surface area contributed by atoms with Gasteiger partial charge in [-0.1, -0.05) is 35.5 Å². The first-order valence-corrected chi connectivity index (χ1v) is 9.31. The van der Waals surface area contributed by atoms with Crippen molar-refractivity contribution in [1.82, 2.24) is 10.1 Å². The van der Waals surface area contributed by atoms with Crippen molar-refractivity contribution in [3.8, 4) is 28.6 Å². The number of nitrogens with two attached hydrogens (primary N) is 1.